The Hall–Kier alpha value is -3.29. The molecular weight excluding hydrogens is 458 g/mol. The van der Waals surface area contributed by atoms with E-state index in [4.69, 9.17) is 16.3 Å². The molecule has 0 spiro atoms. The maximum Gasteiger partial charge on any atom is 0.266 e. The van der Waals surface area contributed by atoms with Crippen molar-refractivity contribution in [1.29, 1.82) is 0 Å². The third kappa shape index (κ3) is 5.21. The van der Waals surface area contributed by atoms with E-state index in [0.717, 1.165) is 22.6 Å². The molecule has 1 N–H and O–H groups in total. The molecular formula is C25H22ClN3O3S. The summed E-state index contributed by atoms with van der Waals surface area (Å²) in [6.07, 6.45) is 0. The molecule has 1 heterocycles. The van der Waals surface area contributed by atoms with E-state index < -0.39 is 0 Å². The summed E-state index contributed by atoms with van der Waals surface area (Å²) in [6, 6.07) is 20.1. The van der Waals surface area contributed by atoms with E-state index in [1.807, 2.05) is 55.5 Å². The summed E-state index contributed by atoms with van der Waals surface area (Å²) in [4.78, 5) is 30.6. The fourth-order valence-electron chi connectivity index (χ4n) is 3.43. The smallest absolute Gasteiger partial charge is 0.266 e. The number of carbonyl (C=O) groups excluding carboxylic acids is 1. The average Bonchev–Trinajstić information content (AvgIpc) is 2.82. The highest BCUT2D eigenvalue weighted by molar-refractivity contribution is 7.99. The van der Waals surface area contributed by atoms with Gasteiger partial charge in [-0.3, -0.25) is 14.2 Å². The molecule has 0 atom stereocenters. The van der Waals surface area contributed by atoms with Crippen molar-refractivity contribution in [1.82, 2.24) is 14.9 Å². The number of nitrogens with one attached hydrogen (secondary N) is 1. The van der Waals surface area contributed by atoms with Gasteiger partial charge in [0.05, 0.1) is 29.5 Å². The van der Waals surface area contributed by atoms with Crippen molar-refractivity contribution in [2.45, 2.75) is 18.6 Å². The minimum atomic E-state index is -0.203. The van der Waals surface area contributed by atoms with Gasteiger partial charge < -0.3 is 10.1 Å². The van der Waals surface area contributed by atoms with Gasteiger partial charge in [-0.2, -0.15) is 0 Å². The number of thioether (sulfide) groups is 1. The normalized spacial score (nSPS) is 10.9. The number of nitrogens with zero attached hydrogens (tertiary/aromatic N) is 2. The quantitative estimate of drug-likeness (QED) is 0.305. The molecule has 0 saturated heterocycles. The van der Waals surface area contributed by atoms with Crippen LogP contribution in [0.5, 0.6) is 5.75 Å². The molecule has 0 fully saturated rings. The predicted molar refractivity (Wildman–Crippen MR) is 133 cm³/mol. The summed E-state index contributed by atoms with van der Waals surface area (Å²) in [5.41, 5.74) is 2.88. The zero-order valence-corrected chi connectivity index (χ0v) is 19.7. The molecule has 0 aliphatic carbocycles. The average molecular weight is 480 g/mol. The number of aromatic nitrogens is 2. The van der Waals surface area contributed by atoms with Crippen LogP contribution in [0.1, 0.15) is 11.1 Å². The molecule has 0 aliphatic rings. The van der Waals surface area contributed by atoms with Crippen LogP contribution in [0.4, 0.5) is 0 Å². The number of hydrogen-bond acceptors (Lipinski definition) is 5. The minimum absolute atomic E-state index is 0.106. The summed E-state index contributed by atoms with van der Waals surface area (Å²) in [6.45, 7) is 2.31. The van der Waals surface area contributed by atoms with E-state index in [-0.39, 0.29) is 17.2 Å². The van der Waals surface area contributed by atoms with Crippen LogP contribution in [-0.2, 0) is 11.3 Å². The summed E-state index contributed by atoms with van der Waals surface area (Å²) < 4.78 is 6.78. The Morgan fingerprint density at radius 3 is 2.73 bits per heavy atom. The van der Waals surface area contributed by atoms with Gasteiger partial charge >= 0.3 is 0 Å². The second-order valence-corrected chi connectivity index (χ2v) is 8.78. The topological polar surface area (TPSA) is 73.2 Å². The number of halogens is 1. The van der Waals surface area contributed by atoms with E-state index in [9.17, 15) is 9.59 Å². The lowest BCUT2D eigenvalue weighted by molar-refractivity contribution is -0.118. The highest BCUT2D eigenvalue weighted by atomic mass is 35.5. The maximum atomic E-state index is 13.4. The van der Waals surface area contributed by atoms with Crippen LogP contribution >= 0.6 is 23.4 Å². The maximum absolute atomic E-state index is 13.4. The number of ether oxygens (including phenoxy) is 1. The SMILES string of the molecule is COc1cccc(CNC(=O)CSc2nc3cc(Cl)ccc3c(=O)n2-c2ccccc2C)c1. The molecule has 0 aliphatic heterocycles. The van der Waals surface area contributed by atoms with E-state index in [0.29, 0.717) is 27.6 Å². The van der Waals surface area contributed by atoms with Crippen LogP contribution in [0.2, 0.25) is 5.02 Å². The predicted octanol–water partition coefficient (Wildman–Crippen LogP) is 4.76. The number of hydrogen-bond donors (Lipinski definition) is 1. The summed E-state index contributed by atoms with van der Waals surface area (Å²) in [5.74, 6) is 0.672. The van der Waals surface area contributed by atoms with Gasteiger partial charge in [-0.05, 0) is 54.4 Å². The standard InChI is InChI=1S/C25H22ClN3O3S/c1-16-6-3-4-9-22(16)29-24(31)20-11-10-18(26)13-21(20)28-25(29)33-15-23(30)27-14-17-7-5-8-19(12-17)32-2/h3-13H,14-15H2,1-2H3,(H,27,30). The Balaban J connectivity index is 1.61. The molecule has 0 unspecified atom stereocenters. The first kappa shape index (κ1) is 22.9. The van der Waals surface area contributed by atoms with Gasteiger partial charge in [0.15, 0.2) is 5.16 Å². The molecule has 1 aromatic heterocycles. The highest BCUT2D eigenvalue weighted by Gasteiger charge is 2.16. The lowest BCUT2D eigenvalue weighted by Gasteiger charge is -2.15. The second kappa shape index (κ2) is 10.1. The number of para-hydroxylation sites is 1. The van der Waals surface area contributed by atoms with Crippen molar-refractivity contribution in [3.8, 4) is 11.4 Å². The first-order valence-electron chi connectivity index (χ1n) is 10.3. The van der Waals surface area contributed by atoms with Gasteiger partial charge in [-0.25, -0.2) is 4.98 Å². The molecule has 8 heteroatoms. The van der Waals surface area contributed by atoms with Crippen LogP contribution in [-0.4, -0.2) is 28.3 Å². The Bertz CT molecular complexity index is 1390. The molecule has 0 bridgehead atoms. The molecule has 0 saturated carbocycles. The van der Waals surface area contributed by atoms with E-state index in [1.165, 1.54) is 11.8 Å². The Kier molecular flexibility index (Phi) is 7.01. The fraction of sp³-hybridized carbons (Fsp3) is 0.160. The molecule has 4 rings (SSSR count). The van der Waals surface area contributed by atoms with Crippen molar-refractivity contribution >= 4 is 40.2 Å². The van der Waals surface area contributed by atoms with E-state index in [1.54, 1.807) is 29.9 Å². The summed E-state index contributed by atoms with van der Waals surface area (Å²) in [7, 11) is 1.60. The molecule has 1 amide bonds. The van der Waals surface area contributed by atoms with Gasteiger partial charge in [0.25, 0.3) is 5.56 Å². The van der Waals surface area contributed by atoms with Gasteiger partial charge in [0.1, 0.15) is 5.75 Å². The molecule has 6 nitrogen and oxygen atoms in total. The van der Waals surface area contributed by atoms with Gasteiger partial charge in [0, 0.05) is 11.6 Å². The van der Waals surface area contributed by atoms with Gasteiger partial charge in [-0.15, -0.1) is 0 Å². The van der Waals surface area contributed by atoms with Crippen LogP contribution < -0.4 is 15.6 Å². The van der Waals surface area contributed by atoms with Gasteiger partial charge in [0.2, 0.25) is 5.91 Å². The van der Waals surface area contributed by atoms with E-state index >= 15 is 0 Å². The lowest BCUT2D eigenvalue weighted by atomic mass is 10.2. The van der Waals surface area contributed by atoms with Crippen LogP contribution in [0.15, 0.2) is 76.7 Å². The Morgan fingerprint density at radius 2 is 1.94 bits per heavy atom. The third-order valence-corrected chi connectivity index (χ3v) is 6.29. The molecule has 4 aromatic rings. The van der Waals surface area contributed by atoms with Crippen molar-refractivity contribution in [2.24, 2.45) is 0 Å². The van der Waals surface area contributed by atoms with Crippen LogP contribution in [0.3, 0.4) is 0 Å². The Labute approximate surface area is 200 Å². The molecule has 33 heavy (non-hydrogen) atoms. The third-order valence-electron chi connectivity index (χ3n) is 5.11. The zero-order valence-electron chi connectivity index (χ0n) is 18.2. The highest BCUT2D eigenvalue weighted by Crippen LogP contribution is 2.24. The summed E-state index contributed by atoms with van der Waals surface area (Å²) >= 11 is 7.33. The fourth-order valence-corrected chi connectivity index (χ4v) is 4.43. The monoisotopic (exact) mass is 479 g/mol. The number of rotatable bonds is 7. The molecule has 0 radical (unpaired) electrons. The number of fused-ring (bicyclic) bond motifs is 1. The van der Waals surface area contributed by atoms with Crippen molar-refractivity contribution in [2.75, 3.05) is 12.9 Å². The zero-order chi connectivity index (χ0) is 23.4. The number of methoxy groups -OCH3 is 1. The first-order valence-corrected chi connectivity index (χ1v) is 11.6. The van der Waals surface area contributed by atoms with Crippen LogP contribution in [0, 0.1) is 6.92 Å². The summed E-state index contributed by atoms with van der Waals surface area (Å²) in [5, 5.41) is 4.29. The number of carbonyl (C=O) groups is 1. The van der Waals surface area contributed by atoms with Crippen molar-refractivity contribution < 1.29 is 9.53 Å². The molecule has 3 aromatic carbocycles. The van der Waals surface area contributed by atoms with Crippen molar-refractivity contribution in [3.05, 3.63) is 93.2 Å². The minimum Gasteiger partial charge on any atom is -0.497 e. The first-order chi connectivity index (χ1) is 16.0. The van der Waals surface area contributed by atoms with Crippen LogP contribution in [0.25, 0.3) is 16.6 Å². The van der Waals surface area contributed by atoms with E-state index in [2.05, 4.69) is 10.3 Å². The van der Waals surface area contributed by atoms with Gasteiger partial charge in [-0.1, -0.05) is 53.7 Å². The molecule has 168 valence electrons. The number of amides is 1. The lowest BCUT2D eigenvalue weighted by Crippen LogP contribution is -2.26. The number of benzene rings is 3. The Morgan fingerprint density at radius 1 is 1.12 bits per heavy atom. The largest absolute Gasteiger partial charge is 0.497 e. The van der Waals surface area contributed by atoms with Crippen molar-refractivity contribution in [3.63, 3.8) is 0 Å². The second-order valence-electron chi connectivity index (χ2n) is 7.40. The number of aryl methyl sites for hydroxylation is 1.